The second kappa shape index (κ2) is 7.98. The van der Waals surface area contributed by atoms with Crippen molar-refractivity contribution in [1.82, 2.24) is 15.0 Å². The third-order valence-electron chi connectivity index (χ3n) is 3.33. The van der Waals surface area contributed by atoms with Crippen molar-refractivity contribution in [1.29, 1.82) is 0 Å². The highest BCUT2D eigenvalue weighted by Crippen LogP contribution is 2.38. The van der Waals surface area contributed by atoms with E-state index in [1.54, 1.807) is 30.3 Å². The molecule has 0 bridgehead atoms. The molecule has 0 radical (unpaired) electrons. The molecular weight excluding hydrogens is 419 g/mol. The Morgan fingerprint density at radius 2 is 1.82 bits per heavy atom. The van der Waals surface area contributed by atoms with E-state index in [9.17, 15) is 23.3 Å². The van der Waals surface area contributed by atoms with Gasteiger partial charge < -0.3 is 5.32 Å². The fourth-order valence-corrected chi connectivity index (χ4v) is 3.19. The van der Waals surface area contributed by atoms with Crippen LogP contribution in [0.1, 0.15) is 5.56 Å². The summed E-state index contributed by atoms with van der Waals surface area (Å²) in [5, 5.41) is 13.8. The highest BCUT2D eigenvalue weighted by molar-refractivity contribution is 7.99. The van der Waals surface area contributed by atoms with Crippen LogP contribution in [-0.4, -0.2) is 19.9 Å². The molecule has 28 heavy (non-hydrogen) atoms. The Hall–Kier alpha value is -2.92. The van der Waals surface area contributed by atoms with Gasteiger partial charge in [0.2, 0.25) is 5.82 Å². The minimum Gasteiger partial charge on any atom is -0.318 e. The van der Waals surface area contributed by atoms with E-state index in [0.717, 1.165) is 18.1 Å². The maximum atomic E-state index is 12.7. The van der Waals surface area contributed by atoms with Crippen LogP contribution in [0.25, 0.3) is 0 Å². The summed E-state index contributed by atoms with van der Waals surface area (Å²) in [5.41, 5.74) is -1.49. The summed E-state index contributed by atoms with van der Waals surface area (Å²) in [7, 11) is 0. The molecule has 12 heteroatoms. The van der Waals surface area contributed by atoms with Crippen LogP contribution < -0.4 is 5.32 Å². The van der Waals surface area contributed by atoms with Crippen molar-refractivity contribution in [2.45, 2.75) is 16.1 Å². The summed E-state index contributed by atoms with van der Waals surface area (Å²) in [6.45, 7) is 0. The molecule has 0 aliphatic heterocycles. The van der Waals surface area contributed by atoms with E-state index in [1.165, 1.54) is 0 Å². The lowest BCUT2D eigenvalue weighted by Crippen LogP contribution is -2.08. The molecule has 0 atom stereocenters. The second-order valence-electron chi connectivity index (χ2n) is 5.23. The fourth-order valence-electron chi connectivity index (χ4n) is 2.09. The number of halogens is 4. The molecule has 3 aromatic rings. The molecule has 0 unspecified atom stereocenters. The highest BCUT2D eigenvalue weighted by atomic mass is 35.5. The quantitative estimate of drug-likeness (QED) is 0.333. The van der Waals surface area contributed by atoms with Crippen LogP contribution in [0.3, 0.4) is 0 Å². The number of rotatable bonds is 5. The summed E-state index contributed by atoms with van der Waals surface area (Å²) >= 11 is 6.89. The van der Waals surface area contributed by atoms with Crippen molar-refractivity contribution in [2.75, 3.05) is 5.32 Å². The van der Waals surface area contributed by atoms with Crippen LogP contribution in [-0.2, 0) is 6.18 Å². The minimum absolute atomic E-state index is 0.0525. The summed E-state index contributed by atoms with van der Waals surface area (Å²) in [6, 6.07) is 9.49. The Kier molecular flexibility index (Phi) is 5.66. The summed E-state index contributed by atoms with van der Waals surface area (Å²) in [4.78, 5) is 22.9. The SMILES string of the molecule is O=[N+]([O-])c1c(Nc2ncc(C(F)(F)F)cc2Cl)ncnc1Sc1ccccc1. The van der Waals surface area contributed by atoms with Gasteiger partial charge in [-0.3, -0.25) is 10.1 Å². The van der Waals surface area contributed by atoms with Gasteiger partial charge in [-0.2, -0.15) is 13.2 Å². The Labute approximate surface area is 165 Å². The van der Waals surface area contributed by atoms with Gasteiger partial charge in [0.15, 0.2) is 10.8 Å². The van der Waals surface area contributed by atoms with Crippen LogP contribution >= 0.6 is 23.4 Å². The number of nitrogens with one attached hydrogen (secondary N) is 1. The molecule has 0 aliphatic rings. The molecule has 144 valence electrons. The Morgan fingerprint density at radius 3 is 2.43 bits per heavy atom. The van der Waals surface area contributed by atoms with Gasteiger partial charge in [0.05, 0.1) is 15.5 Å². The topological polar surface area (TPSA) is 93.8 Å². The van der Waals surface area contributed by atoms with Crippen molar-refractivity contribution in [2.24, 2.45) is 0 Å². The average molecular weight is 428 g/mol. The number of benzene rings is 1. The maximum absolute atomic E-state index is 12.7. The first-order chi connectivity index (χ1) is 13.3. The number of aromatic nitrogens is 3. The van der Waals surface area contributed by atoms with Gasteiger partial charge in [0.25, 0.3) is 0 Å². The molecular formula is C16H9ClF3N5O2S. The molecule has 0 saturated carbocycles. The van der Waals surface area contributed by atoms with E-state index < -0.39 is 22.4 Å². The summed E-state index contributed by atoms with van der Waals surface area (Å²) < 4.78 is 38.2. The third kappa shape index (κ3) is 4.49. The molecule has 0 aliphatic carbocycles. The third-order valence-corrected chi connectivity index (χ3v) is 4.62. The van der Waals surface area contributed by atoms with Gasteiger partial charge in [-0.15, -0.1) is 0 Å². The van der Waals surface area contributed by atoms with Crippen molar-refractivity contribution in [3.8, 4) is 0 Å². The smallest absolute Gasteiger partial charge is 0.318 e. The number of nitro groups is 1. The number of anilines is 2. The van der Waals surface area contributed by atoms with E-state index >= 15 is 0 Å². The monoisotopic (exact) mass is 427 g/mol. The minimum atomic E-state index is -4.62. The Balaban J connectivity index is 1.96. The molecule has 7 nitrogen and oxygen atoms in total. The lowest BCUT2D eigenvalue weighted by Gasteiger charge is -2.11. The first-order valence-electron chi connectivity index (χ1n) is 7.48. The number of pyridine rings is 1. The van der Waals surface area contributed by atoms with Gasteiger partial charge >= 0.3 is 11.9 Å². The number of hydrogen-bond acceptors (Lipinski definition) is 7. The largest absolute Gasteiger partial charge is 0.417 e. The van der Waals surface area contributed by atoms with E-state index in [4.69, 9.17) is 11.6 Å². The second-order valence-corrected chi connectivity index (χ2v) is 6.69. The molecule has 2 heterocycles. The van der Waals surface area contributed by atoms with Crippen molar-refractivity contribution >= 4 is 40.7 Å². The van der Waals surface area contributed by atoms with Crippen molar-refractivity contribution in [3.63, 3.8) is 0 Å². The van der Waals surface area contributed by atoms with Gasteiger partial charge in [0, 0.05) is 11.1 Å². The van der Waals surface area contributed by atoms with E-state index in [1.807, 2.05) is 0 Å². The molecule has 1 N–H and O–H groups in total. The molecule has 3 rings (SSSR count). The lowest BCUT2D eigenvalue weighted by molar-refractivity contribution is -0.387. The summed E-state index contributed by atoms with van der Waals surface area (Å²) in [6.07, 6.45) is -2.95. The highest BCUT2D eigenvalue weighted by Gasteiger charge is 2.32. The summed E-state index contributed by atoms with van der Waals surface area (Å²) in [5.74, 6) is -0.445. The lowest BCUT2D eigenvalue weighted by atomic mass is 10.3. The number of nitrogens with zero attached hydrogens (tertiary/aromatic N) is 4. The predicted octanol–water partition coefficient (Wildman–Crippen LogP) is 5.35. The van der Waals surface area contributed by atoms with Crippen LogP contribution in [0.2, 0.25) is 5.02 Å². The van der Waals surface area contributed by atoms with E-state index in [0.29, 0.717) is 17.2 Å². The molecule has 2 aromatic heterocycles. The standard InChI is InChI=1S/C16H9ClF3N5O2S/c17-11-6-9(16(18,19)20)7-21-13(11)24-14-12(25(26)27)15(23-8-22-14)28-10-4-2-1-3-5-10/h1-8H,(H,21,22,23,24). The Bertz CT molecular complexity index is 1020. The molecule has 0 spiro atoms. The van der Waals surface area contributed by atoms with Crippen LogP contribution in [0, 0.1) is 10.1 Å². The van der Waals surface area contributed by atoms with Gasteiger partial charge in [0.1, 0.15) is 6.33 Å². The first kappa shape index (κ1) is 19.8. The number of alkyl halides is 3. The van der Waals surface area contributed by atoms with E-state index in [-0.39, 0.29) is 21.7 Å². The van der Waals surface area contributed by atoms with Crippen LogP contribution in [0.4, 0.5) is 30.5 Å². The normalized spacial score (nSPS) is 11.3. The average Bonchev–Trinajstić information content (AvgIpc) is 2.63. The molecule has 0 amide bonds. The Morgan fingerprint density at radius 1 is 1.11 bits per heavy atom. The van der Waals surface area contributed by atoms with Gasteiger partial charge in [-0.1, -0.05) is 41.6 Å². The van der Waals surface area contributed by atoms with Gasteiger partial charge in [-0.05, 0) is 18.2 Å². The zero-order chi connectivity index (χ0) is 20.3. The molecule has 1 aromatic carbocycles. The predicted molar refractivity (Wildman–Crippen MR) is 96.8 cm³/mol. The van der Waals surface area contributed by atoms with Crippen LogP contribution in [0.5, 0.6) is 0 Å². The van der Waals surface area contributed by atoms with Crippen molar-refractivity contribution in [3.05, 3.63) is 69.6 Å². The van der Waals surface area contributed by atoms with Crippen molar-refractivity contribution < 1.29 is 18.1 Å². The van der Waals surface area contributed by atoms with Gasteiger partial charge in [-0.25, -0.2) is 15.0 Å². The first-order valence-corrected chi connectivity index (χ1v) is 8.67. The maximum Gasteiger partial charge on any atom is 0.417 e. The molecule has 0 saturated heterocycles. The van der Waals surface area contributed by atoms with Crippen LogP contribution in [0.15, 0.2) is 58.8 Å². The fraction of sp³-hybridized carbons (Fsp3) is 0.0625. The number of hydrogen-bond donors (Lipinski definition) is 1. The zero-order valence-corrected chi connectivity index (χ0v) is 15.2. The molecule has 0 fully saturated rings. The zero-order valence-electron chi connectivity index (χ0n) is 13.6. The van der Waals surface area contributed by atoms with E-state index in [2.05, 4.69) is 20.3 Å².